The van der Waals surface area contributed by atoms with Crippen molar-refractivity contribution in [1.29, 1.82) is 0 Å². The van der Waals surface area contributed by atoms with Crippen molar-refractivity contribution in [3.63, 3.8) is 0 Å². The normalized spacial score (nSPS) is 15.8. The zero-order chi connectivity index (χ0) is 23.6. The van der Waals surface area contributed by atoms with E-state index in [0.717, 1.165) is 18.2 Å². The van der Waals surface area contributed by atoms with Gasteiger partial charge in [-0.3, -0.25) is 4.79 Å². The van der Waals surface area contributed by atoms with Gasteiger partial charge in [-0.25, -0.2) is 4.39 Å². The molecule has 0 aliphatic carbocycles. The van der Waals surface area contributed by atoms with Crippen LogP contribution in [0.15, 0.2) is 70.2 Å². The van der Waals surface area contributed by atoms with Crippen molar-refractivity contribution in [2.45, 2.75) is 25.2 Å². The summed E-state index contributed by atoms with van der Waals surface area (Å²) in [6.45, 7) is -0.219. The summed E-state index contributed by atoms with van der Waals surface area (Å²) in [4.78, 5) is 19.8. The highest BCUT2D eigenvalue weighted by Crippen LogP contribution is 2.30. The molecule has 4 rings (SSSR count). The summed E-state index contributed by atoms with van der Waals surface area (Å²) in [5.74, 6) is -0.998. The number of alkyl halides is 3. The summed E-state index contributed by atoms with van der Waals surface area (Å²) >= 11 is 5.79. The molecule has 2 aromatic carbocycles. The van der Waals surface area contributed by atoms with E-state index >= 15 is 0 Å². The number of carbonyl (C=O) groups is 1. The summed E-state index contributed by atoms with van der Waals surface area (Å²) in [7, 11) is 0. The van der Waals surface area contributed by atoms with Gasteiger partial charge in [0.1, 0.15) is 11.5 Å². The predicted molar refractivity (Wildman–Crippen MR) is 112 cm³/mol. The Kier molecular flexibility index (Phi) is 6.42. The fraction of sp³-hybridized carbons (Fsp3) is 0.217. The number of furan rings is 1. The van der Waals surface area contributed by atoms with Crippen molar-refractivity contribution in [3.8, 4) is 0 Å². The predicted octanol–water partition coefficient (Wildman–Crippen LogP) is 5.93. The molecule has 172 valence electrons. The average Bonchev–Trinajstić information content (AvgIpc) is 3.42. The van der Waals surface area contributed by atoms with Gasteiger partial charge in [-0.1, -0.05) is 29.4 Å². The molecule has 1 amide bonds. The van der Waals surface area contributed by atoms with E-state index in [0.29, 0.717) is 11.5 Å². The van der Waals surface area contributed by atoms with E-state index in [1.54, 1.807) is 12.1 Å². The Balaban J connectivity index is 1.56. The highest BCUT2D eigenvalue weighted by Gasteiger charge is 2.32. The summed E-state index contributed by atoms with van der Waals surface area (Å²) in [5, 5.41) is 4.14. The molecule has 1 aromatic heterocycles. The number of amides is 1. The lowest BCUT2D eigenvalue weighted by Crippen LogP contribution is -2.37. The molecule has 3 aromatic rings. The van der Waals surface area contributed by atoms with Gasteiger partial charge in [-0.05, 0) is 53.6 Å². The maximum atomic E-state index is 14.3. The number of hydrogen-bond donors (Lipinski definition) is 0. The van der Waals surface area contributed by atoms with E-state index in [4.69, 9.17) is 20.9 Å². The van der Waals surface area contributed by atoms with Gasteiger partial charge in [0.05, 0.1) is 17.7 Å². The van der Waals surface area contributed by atoms with E-state index in [9.17, 15) is 22.4 Å². The second-order valence-corrected chi connectivity index (χ2v) is 7.81. The van der Waals surface area contributed by atoms with Gasteiger partial charge in [0, 0.05) is 13.0 Å². The minimum atomic E-state index is -4.53. The van der Waals surface area contributed by atoms with Crippen LogP contribution >= 0.6 is 11.6 Å². The molecule has 0 fully saturated rings. The number of hydrogen-bond acceptors (Lipinski definition) is 4. The van der Waals surface area contributed by atoms with Crippen molar-refractivity contribution in [1.82, 2.24) is 4.90 Å². The average molecular weight is 481 g/mol. The van der Waals surface area contributed by atoms with Gasteiger partial charge in [0.15, 0.2) is 17.1 Å². The van der Waals surface area contributed by atoms with E-state index in [-0.39, 0.29) is 35.9 Å². The van der Waals surface area contributed by atoms with Gasteiger partial charge < -0.3 is 14.2 Å². The van der Waals surface area contributed by atoms with Crippen LogP contribution in [0.25, 0.3) is 0 Å². The molecule has 0 N–H and O–H groups in total. The van der Waals surface area contributed by atoms with E-state index < -0.39 is 29.6 Å². The number of oxime groups is 1. The molecule has 1 aliphatic rings. The van der Waals surface area contributed by atoms with Crippen LogP contribution in [-0.2, 0) is 17.6 Å². The third-order valence-electron chi connectivity index (χ3n) is 5.03. The minimum Gasteiger partial charge on any atom is -0.443 e. The lowest BCUT2D eigenvalue weighted by molar-refractivity contribution is -0.137. The van der Waals surface area contributed by atoms with Crippen LogP contribution in [0.5, 0.6) is 0 Å². The number of halogens is 5. The molecule has 5 nitrogen and oxygen atoms in total. The van der Waals surface area contributed by atoms with Gasteiger partial charge >= 0.3 is 6.18 Å². The lowest BCUT2D eigenvalue weighted by atomic mass is 10.1. The monoisotopic (exact) mass is 480 g/mol. The molecular formula is C23H17ClF4N2O3. The summed E-state index contributed by atoms with van der Waals surface area (Å²) in [6.07, 6.45) is -4.86. The smallest absolute Gasteiger partial charge is 0.416 e. The molecular weight excluding hydrogens is 464 g/mol. The Morgan fingerprint density at radius 2 is 1.91 bits per heavy atom. The molecule has 10 heteroatoms. The van der Waals surface area contributed by atoms with E-state index in [2.05, 4.69) is 5.16 Å². The van der Waals surface area contributed by atoms with Gasteiger partial charge in [0.25, 0.3) is 5.91 Å². The lowest BCUT2D eigenvalue weighted by Gasteiger charge is -2.25. The van der Waals surface area contributed by atoms with Crippen LogP contribution in [-0.4, -0.2) is 29.2 Å². The van der Waals surface area contributed by atoms with Crippen LogP contribution in [0.1, 0.15) is 33.7 Å². The van der Waals surface area contributed by atoms with Crippen molar-refractivity contribution >= 4 is 23.2 Å². The first kappa shape index (κ1) is 22.8. The van der Waals surface area contributed by atoms with Crippen LogP contribution in [0.4, 0.5) is 17.6 Å². The number of carbonyl (C=O) groups excluding carboxylic acids is 1. The zero-order valence-corrected chi connectivity index (χ0v) is 17.7. The quantitative estimate of drug-likeness (QED) is 0.411. The molecule has 0 bridgehead atoms. The van der Waals surface area contributed by atoms with Crippen molar-refractivity contribution in [3.05, 3.63) is 94.2 Å². The highest BCUT2D eigenvalue weighted by atomic mass is 35.5. The Labute approximate surface area is 191 Å². The third kappa shape index (κ3) is 5.36. The Hall–Kier alpha value is -3.33. The van der Waals surface area contributed by atoms with Crippen LogP contribution in [0, 0.1) is 5.82 Å². The fourth-order valence-electron chi connectivity index (χ4n) is 3.48. The van der Waals surface area contributed by atoms with Gasteiger partial charge in [0.2, 0.25) is 0 Å². The van der Waals surface area contributed by atoms with Crippen molar-refractivity contribution in [2.75, 3.05) is 6.54 Å². The molecule has 2 heterocycles. The maximum Gasteiger partial charge on any atom is 0.416 e. The molecule has 0 saturated carbocycles. The zero-order valence-electron chi connectivity index (χ0n) is 17.0. The SMILES string of the molecule is O=C(c1ccccc1F)N(Cc1cccc(C(F)(F)F)c1)C[C@@H]1CC(c2ccc(Cl)o2)=NO1. The molecule has 0 spiro atoms. The summed E-state index contributed by atoms with van der Waals surface area (Å²) in [6, 6.07) is 13.2. The first-order valence-electron chi connectivity index (χ1n) is 9.89. The fourth-order valence-corrected chi connectivity index (χ4v) is 3.62. The minimum absolute atomic E-state index is 0.0369. The topological polar surface area (TPSA) is 55.0 Å². The molecule has 1 aliphatic heterocycles. The number of benzene rings is 2. The Morgan fingerprint density at radius 1 is 1.12 bits per heavy atom. The largest absolute Gasteiger partial charge is 0.443 e. The van der Waals surface area contributed by atoms with E-state index in [1.165, 1.54) is 35.2 Å². The molecule has 1 atom stereocenters. The van der Waals surface area contributed by atoms with Gasteiger partial charge in [-0.15, -0.1) is 0 Å². The van der Waals surface area contributed by atoms with Crippen LogP contribution < -0.4 is 0 Å². The Morgan fingerprint density at radius 3 is 2.61 bits per heavy atom. The molecule has 0 unspecified atom stereocenters. The highest BCUT2D eigenvalue weighted by molar-refractivity contribution is 6.29. The molecule has 33 heavy (non-hydrogen) atoms. The number of rotatable bonds is 6. The second kappa shape index (κ2) is 9.27. The van der Waals surface area contributed by atoms with Crippen molar-refractivity contribution < 1.29 is 31.6 Å². The maximum absolute atomic E-state index is 14.3. The van der Waals surface area contributed by atoms with Gasteiger partial charge in [-0.2, -0.15) is 13.2 Å². The van der Waals surface area contributed by atoms with Crippen LogP contribution in [0.2, 0.25) is 5.22 Å². The first-order chi connectivity index (χ1) is 15.7. The van der Waals surface area contributed by atoms with E-state index in [1.807, 2.05) is 0 Å². The molecule has 0 radical (unpaired) electrons. The molecule has 0 saturated heterocycles. The standard InChI is InChI=1S/C23H17ClF4N2O3/c24-21-9-8-20(32-21)19-11-16(33-29-19)13-30(22(31)17-6-1-2-7-18(17)25)12-14-4-3-5-15(10-14)23(26,27)28/h1-10,16H,11-13H2/t16-/m0/s1. The summed E-state index contributed by atoms with van der Waals surface area (Å²) in [5.41, 5.74) is -0.312. The first-order valence-corrected chi connectivity index (χ1v) is 10.3. The summed E-state index contributed by atoms with van der Waals surface area (Å²) < 4.78 is 59.0. The third-order valence-corrected chi connectivity index (χ3v) is 5.24. The number of nitrogens with zero attached hydrogens (tertiary/aromatic N) is 2. The Bertz CT molecular complexity index is 1190. The second-order valence-electron chi connectivity index (χ2n) is 7.44. The van der Waals surface area contributed by atoms with Crippen molar-refractivity contribution in [2.24, 2.45) is 5.16 Å². The van der Waals surface area contributed by atoms with Crippen LogP contribution in [0.3, 0.4) is 0 Å².